The highest BCUT2D eigenvalue weighted by Crippen LogP contribution is 2.36. The Labute approximate surface area is 198 Å². The van der Waals surface area contributed by atoms with Crippen LogP contribution < -0.4 is 16.1 Å². The molecule has 1 spiro atoms. The highest BCUT2D eigenvalue weighted by atomic mass is 16.5. The van der Waals surface area contributed by atoms with Crippen molar-refractivity contribution in [3.63, 3.8) is 0 Å². The Bertz CT molecular complexity index is 943. The van der Waals surface area contributed by atoms with Gasteiger partial charge in [-0.05, 0) is 44.4 Å². The topological polar surface area (TPSA) is 147 Å². The second kappa shape index (κ2) is 9.71. The number of carbonyl (C=O) groups excluding carboxylic acids is 4. The molecular weight excluding hydrogens is 440 g/mol. The minimum Gasteiger partial charge on any atom is -0.343 e. The van der Waals surface area contributed by atoms with E-state index < -0.39 is 28.9 Å². The van der Waals surface area contributed by atoms with Crippen molar-refractivity contribution >= 4 is 23.8 Å². The molecule has 2 heterocycles. The highest BCUT2D eigenvalue weighted by Gasteiger charge is 2.52. The summed E-state index contributed by atoms with van der Waals surface area (Å²) in [6.07, 6.45) is 8.55. The van der Waals surface area contributed by atoms with E-state index in [0.717, 1.165) is 56.4 Å². The minimum atomic E-state index is -0.908. The van der Waals surface area contributed by atoms with E-state index in [1.54, 1.807) is 0 Å². The summed E-state index contributed by atoms with van der Waals surface area (Å²) in [5, 5.41) is 10.7. The van der Waals surface area contributed by atoms with Gasteiger partial charge in [0.25, 0.3) is 5.91 Å². The van der Waals surface area contributed by atoms with Gasteiger partial charge in [0.05, 0.1) is 0 Å². The summed E-state index contributed by atoms with van der Waals surface area (Å²) < 4.78 is 5.38. The van der Waals surface area contributed by atoms with Gasteiger partial charge in [-0.25, -0.2) is 4.79 Å². The zero-order valence-electron chi connectivity index (χ0n) is 19.9. The minimum absolute atomic E-state index is 0.0319. The number of carbonyl (C=O) groups is 4. The number of aromatic nitrogens is 2. The van der Waals surface area contributed by atoms with Gasteiger partial charge in [0.1, 0.15) is 11.1 Å². The van der Waals surface area contributed by atoms with Crippen LogP contribution in [0.1, 0.15) is 96.2 Å². The highest BCUT2D eigenvalue weighted by molar-refractivity contribution is 6.08. The van der Waals surface area contributed by atoms with E-state index in [0.29, 0.717) is 24.6 Å². The zero-order chi connectivity index (χ0) is 24.3. The van der Waals surface area contributed by atoms with Gasteiger partial charge >= 0.3 is 6.03 Å². The van der Waals surface area contributed by atoms with Crippen LogP contribution in [-0.2, 0) is 26.3 Å². The van der Waals surface area contributed by atoms with E-state index in [4.69, 9.17) is 4.52 Å². The number of hydrogen-bond acceptors (Lipinski definition) is 7. The molecule has 0 aromatic carbocycles. The number of urea groups is 1. The molecule has 3 N–H and O–H groups in total. The normalized spacial score (nSPS) is 26.8. The average molecular weight is 475 g/mol. The molecule has 186 valence electrons. The molecule has 1 aliphatic heterocycles. The first-order chi connectivity index (χ1) is 16.2. The monoisotopic (exact) mass is 474 g/mol. The molecule has 11 heteroatoms. The molecule has 1 saturated heterocycles. The third-order valence-corrected chi connectivity index (χ3v) is 7.36. The van der Waals surface area contributed by atoms with Crippen LogP contribution in [0, 0.1) is 5.92 Å². The van der Waals surface area contributed by atoms with Gasteiger partial charge in [-0.1, -0.05) is 37.8 Å². The van der Waals surface area contributed by atoms with E-state index in [1.807, 2.05) is 0 Å². The van der Waals surface area contributed by atoms with Crippen molar-refractivity contribution in [2.45, 2.75) is 102 Å². The van der Waals surface area contributed by atoms with E-state index in [2.05, 4.69) is 33.1 Å². The van der Waals surface area contributed by atoms with E-state index >= 15 is 0 Å². The quantitative estimate of drug-likeness (QED) is 0.423. The van der Waals surface area contributed by atoms with Gasteiger partial charge in [0, 0.05) is 19.8 Å². The molecule has 2 aliphatic carbocycles. The van der Waals surface area contributed by atoms with Crippen molar-refractivity contribution in [1.82, 2.24) is 31.2 Å². The number of aryl methyl sites for hydroxylation is 1. The summed E-state index contributed by atoms with van der Waals surface area (Å²) in [5.74, 6) is 0.183. The summed E-state index contributed by atoms with van der Waals surface area (Å²) >= 11 is 0. The summed E-state index contributed by atoms with van der Waals surface area (Å²) in [4.78, 5) is 54.1. The SMILES string of the molecule is CC(=O)NC1(c2noc(CCC(=O)NN3C(=O)NC4(CCC(C)CC4)C3=O)n2)CCCCCC1. The molecule has 0 bridgehead atoms. The number of imide groups is 1. The summed E-state index contributed by atoms with van der Waals surface area (Å²) in [5.41, 5.74) is 0.867. The molecule has 0 unspecified atom stereocenters. The average Bonchev–Trinajstić information content (AvgIpc) is 3.26. The van der Waals surface area contributed by atoms with Crippen LogP contribution in [-0.4, -0.2) is 44.4 Å². The second-order valence-corrected chi connectivity index (χ2v) is 10.1. The number of nitrogens with one attached hydrogen (secondary N) is 3. The molecule has 1 aromatic rings. The number of amides is 5. The molecule has 34 heavy (non-hydrogen) atoms. The van der Waals surface area contributed by atoms with Crippen LogP contribution in [0.25, 0.3) is 0 Å². The van der Waals surface area contributed by atoms with Gasteiger partial charge in [-0.3, -0.25) is 19.8 Å². The van der Waals surface area contributed by atoms with Gasteiger partial charge in [-0.15, -0.1) is 0 Å². The number of nitrogens with zero attached hydrogens (tertiary/aromatic N) is 3. The molecule has 3 aliphatic rings. The third-order valence-electron chi connectivity index (χ3n) is 7.36. The third kappa shape index (κ3) is 4.92. The zero-order valence-corrected chi connectivity index (χ0v) is 19.9. The maximum Gasteiger partial charge on any atom is 0.344 e. The van der Waals surface area contributed by atoms with Crippen molar-refractivity contribution in [1.29, 1.82) is 0 Å². The van der Waals surface area contributed by atoms with Crippen molar-refractivity contribution in [2.24, 2.45) is 5.92 Å². The number of hydrogen-bond donors (Lipinski definition) is 3. The molecule has 1 aromatic heterocycles. The Morgan fingerprint density at radius 3 is 2.44 bits per heavy atom. The Hall–Kier alpha value is -2.98. The van der Waals surface area contributed by atoms with Gasteiger partial charge < -0.3 is 15.2 Å². The van der Waals surface area contributed by atoms with Crippen LogP contribution >= 0.6 is 0 Å². The van der Waals surface area contributed by atoms with Crippen molar-refractivity contribution in [3.8, 4) is 0 Å². The van der Waals surface area contributed by atoms with Gasteiger partial charge in [0.2, 0.25) is 17.7 Å². The lowest BCUT2D eigenvalue weighted by molar-refractivity contribution is -0.140. The summed E-state index contributed by atoms with van der Waals surface area (Å²) in [7, 11) is 0. The predicted molar refractivity (Wildman–Crippen MR) is 120 cm³/mol. The van der Waals surface area contributed by atoms with Crippen molar-refractivity contribution in [3.05, 3.63) is 11.7 Å². The van der Waals surface area contributed by atoms with Crippen LogP contribution in [0.2, 0.25) is 0 Å². The van der Waals surface area contributed by atoms with Crippen LogP contribution in [0.5, 0.6) is 0 Å². The number of rotatable bonds is 6. The molecule has 4 rings (SSSR count). The largest absolute Gasteiger partial charge is 0.344 e. The predicted octanol–water partition coefficient (Wildman–Crippen LogP) is 2.22. The summed E-state index contributed by atoms with van der Waals surface area (Å²) in [6.45, 7) is 3.61. The van der Waals surface area contributed by atoms with Crippen LogP contribution in [0.4, 0.5) is 4.79 Å². The molecule has 0 radical (unpaired) electrons. The van der Waals surface area contributed by atoms with Crippen LogP contribution in [0.15, 0.2) is 4.52 Å². The fourth-order valence-corrected chi connectivity index (χ4v) is 5.34. The Morgan fingerprint density at radius 1 is 1.12 bits per heavy atom. The van der Waals surface area contributed by atoms with Crippen molar-refractivity contribution in [2.75, 3.05) is 0 Å². The molecule has 0 atom stereocenters. The molecule has 3 fully saturated rings. The smallest absolute Gasteiger partial charge is 0.343 e. The lowest BCUT2D eigenvalue weighted by Gasteiger charge is -2.33. The maximum atomic E-state index is 12.9. The lowest BCUT2D eigenvalue weighted by Crippen LogP contribution is -2.51. The van der Waals surface area contributed by atoms with E-state index in [1.165, 1.54) is 6.92 Å². The second-order valence-electron chi connectivity index (χ2n) is 10.1. The molecule has 5 amide bonds. The van der Waals surface area contributed by atoms with Gasteiger partial charge in [0.15, 0.2) is 5.82 Å². The van der Waals surface area contributed by atoms with E-state index in [9.17, 15) is 19.2 Å². The molecule has 2 saturated carbocycles. The summed E-state index contributed by atoms with van der Waals surface area (Å²) in [6, 6.07) is -0.599. The first kappa shape index (κ1) is 24.2. The standard InChI is InChI=1S/C23H34N6O5/c1-15-9-13-23(14-10-15)20(32)29(21(33)26-23)27-17(31)7-8-18-24-19(28-34-18)22(25-16(2)30)11-5-3-4-6-12-22/h15H,3-14H2,1-2H3,(H,25,30)(H,26,33)(H,27,31). The lowest BCUT2D eigenvalue weighted by atomic mass is 9.77. The fourth-order valence-electron chi connectivity index (χ4n) is 5.34. The van der Waals surface area contributed by atoms with Gasteiger partial charge in [-0.2, -0.15) is 9.99 Å². The first-order valence-electron chi connectivity index (χ1n) is 12.3. The number of hydrazine groups is 1. The Kier molecular flexibility index (Phi) is 6.90. The molecular formula is C23H34N6O5. The maximum absolute atomic E-state index is 12.9. The van der Waals surface area contributed by atoms with E-state index in [-0.39, 0.29) is 24.6 Å². The fraction of sp³-hybridized carbons (Fsp3) is 0.739. The Balaban J connectivity index is 1.35. The van der Waals surface area contributed by atoms with Crippen molar-refractivity contribution < 1.29 is 23.7 Å². The first-order valence-corrected chi connectivity index (χ1v) is 12.3. The van der Waals surface area contributed by atoms with Crippen LogP contribution in [0.3, 0.4) is 0 Å². The molecule has 11 nitrogen and oxygen atoms in total. The Morgan fingerprint density at radius 2 is 1.79 bits per heavy atom.